The highest BCUT2D eigenvalue weighted by Crippen LogP contribution is 2.21. The van der Waals surface area contributed by atoms with Gasteiger partial charge in [0.05, 0.1) is 6.04 Å². The first-order valence-electron chi connectivity index (χ1n) is 5.42. The molecular weight excluding hydrogens is 256 g/mol. The summed E-state index contributed by atoms with van der Waals surface area (Å²) in [5.41, 5.74) is 5.34. The van der Waals surface area contributed by atoms with E-state index in [9.17, 15) is 4.79 Å². The first-order valence-corrected chi connectivity index (χ1v) is 6.79. The van der Waals surface area contributed by atoms with Crippen molar-refractivity contribution in [2.75, 3.05) is 5.75 Å². The van der Waals surface area contributed by atoms with Gasteiger partial charge in [-0.1, -0.05) is 25.4 Å². The van der Waals surface area contributed by atoms with Gasteiger partial charge in [0, 0.05) is 21.7 Å². The van der Waals surface area contributed by atoms with E-state index in [1.165, 1.54) is 0 Å². The molecule has 3 N–H and O–H groups in total. The van der Waals surface area contributed by atoms with Crippen LogP contribution in [-0.4, -0.2) is 23.7 Å². The second-order valence-electron chi connectivity index (χ2n) is 4.04. The minimum absolute atomic E-state index is 0.235. The molecule has 0 saturated heterocycles. The second kappa shape index (κ2) is 6.89. The molecule has 1 aromatic rings. The van der Waals surface area contributed by atoms with Crippen molar-refractivity contribution in [1.82, 2.24) is 5.32 Å². The van der Waals surface area contributed by atoms with Crippen LogP contribution in [-0.2, 0) is 4.79 Å². The van der Waals surface area contributed by atoms with E-state index in [0.29, 0.717) is 10.8 Å². The summed E-state index contributed by atoms with van der Waals surface area (Å²) in [6, 6.07) is 7.45. The fourth-order valence-corrected chi connectivity index (χ4v) is 2.40. The zero-order valence-corrected chi connectivity index (χ0v) is 11.5. The van der Waals surface area contributed by atoms with Gasteiger partial charge in [0.2, 0.25) is 5.91 Å². The van der Waals surface area contributed by atoms with Crippen molar-refractivity contribution in [3.8, 4) is 0 Å². The lowest BCUT2D eigenvalue weighted by molar-refractivity contribution is -0.119. The van der Waals surface area contributed by atoms with Gasteiger partial charge in [-0.25, -0.2) is 0 Å². The lowest BCUT2D eigenvalue weighted by Gasteiger charge is -2.17. The number of hydrogen-bond donors (Lipinski definition) is 2. The van der Waals surface area contributed by atoms with Gasteiger partial charge in [-0.2, -0.15) is 0 Å². The van der Waals surface area contributed by atoms with Crippen LogP contribution in [0, 0.1) is 0 Å². The van der Waals surface area contributed by atoms with E-state index in [1.807, 2.05) is 38.1 Å². The summed E-state index contributed by atoms with van der Waals surface area (Å²) < 4.78 is 0. The first-order chi connectivity index (χ1) is 7.99. The Kier molecular flexibility index (Phi) is 5.82. The molecule has 1 aromatic carbocycles. The molecule has 0 aliphatic rings. The third-order valence-corrected chi connectivity index (χ3v) is 3.47. The second-order valence-corrected chi connectivity index (χ2v) is 5.57. The predicted molar refractivity (Wildman–Crippen MR) is 73.4 cm³/mol. The number of carbonyl (C=O) groups excluding carboxylic acids is 1. The molecule has 94 valence electrons. The van der Waals surface area contributed by atoms with Crippen LogP contribution in [0.5, 0.6) is 0 Å². The average Bonchev–Trinajstić information content (AvgIpc) is 2.25. The molecule has 0 spiro atoms. The van der Waals surface area contributed by atoms with Crippen LogP contribution in [0.1, 0.15) is 13.8 Å². The maximum atomic E-state index is 11.2. The molecule has 0 aromatic heterocycles. The summed E-state index contributed by atoms with van der Waals surface area (Å²) >= 11 is 7.38. The highest BCUT2D eigenvalue weighted by atomic mass is 35.5. The third kappa shape index (κ3) is 5.44. The van der Waals surface area contributed by atoms with E-state index in [-0.39, 0.29) is 18.0 Å². The summed E-state index contributed by atoms with van der Waals surface area (Å²) in [7, 11) is 0. The molecule has 1 amide bonds. The minimum atomic E-state index is -0.319. The topological polar surface area (TPSA) is 55.1 Å². The Balaban J connectivity index is 2.51. The molecule has 17 heavy (non-hydrogen) atoms. The molecule has 0 fully saturated rings. The Morgan fingerprint density at radius 1 is 1.41 bits per heavy atom. The summed E-state index contributed by atoms with van der Waals surface area (Å²) in [6.07, 6.45) is 0. The number of nitrogens with one attached hydrogen (secondary N) is 1. The van der Waals surface area contributed by atoms with Crippen molar-refractivity contribution in [2.24, 2.45) is 5.73 Å². The molecule has 0 bridgehead atoms. The van der Waals surface area contributed by atoms with Gasteiger partial charge < -0.3 is 11.1 Å². The number of amides is 1. The van der Waals surface area contributed by atoms with Crippen molar-refractivity contribution < 1.29 is 4.79 Å². The molecule has 1 rings (SSSR count). The van der Waals surface area contributed by atoms with Gasteiger partial charge in [0.15, 0.2) is 0 Å². The number of hydrogen-bond acceptors (Lipinski definition) is 3. The molecule has 0 aliphatic carbocycles. The van der Waals surface area contributed by atoms with Crippen LogP contribution in [0.4, 0.5) is 0 Å². The zero-order valence-electron chi connectivity index (χ0n) is 9.94. The largest absolute Gasteiger partial charge is 0.368 e. The smallest absolute Gasteiger partial charge is 0.235 e. The van der Waals surface area contributed by atoms with Gasteiger partial charge in [-0.05, 0) is 24.3 Å². The molecule has 0 heterocycles. The molecule has 3 nitrogen and oxygen atoms in total. The molecule has 1 atom stereocenters. The predicted octanol–water partition coefficient (Wildman–Crippen LogP) is 2.28. The van der Waals surface area contributed by atoms with Crippen LogP contribution in [0.15, 0.2) is 29.2 Å². The van der Waals surface area contributed by atoms with Crippen molar-refractivity contribution >= 4 is 29.3 Å². The van der Waals surface area contributed by atoms with Crippen LogP contribution < -0.4 is 11.1 Å². The van der Waals surface area contributed by atoms with E-state index in [4.69, 9.17) is 17.3 Å². The maximum Gasteiger partial charge on any atom is 0.235 e. The van der Waals surface area contributed by atoms with E-state index >= 15 is 0 Å². The zero-order chi connectivity index (χ0) is 12.8. The molecule has 0 aliphatic heterocycles. The fourth-order valence-electron chi connectivity index (χ4n) is 1.33. The Labute approximate surface area is 111 Å². The molecule has 5 heteroatoms. The number of thioether (sulfide) groups is 1. The Bertz CT molecular complexity index is 367. The van der Waals surface area contributed by atoms with Crippen molar-refractivity contribution in [3.63, 3.8) is 0 Å². The van der Waals surface area contributed by atoms with Gasteiger partial charge in [0.1, 0.15) is 0 Å². The summed E-state index contributed by atoms with van der Waals surface area (Å²) in [6.45, 7) is 3.98. The van der Waals surface area contributed by atoms with Gasteiger partial charge in [-0.3, -0.25) is 4.79 Å². The monoisotopic (exact) mass is 272 g/mol. The Morgan fingerprint density at radius 3 is 2.47 bits per heavy atom. The molecular formula is C12H17ClN2OS. The maximum absolute atomic E-state index is 11.2. The first kappa shape index (κ1) is 14.4. The fraction of sp³-hybridized carbons (Fsp3) is 0.417. The van der Waals surface area contributed by atoms with Gasteiger partial charge in [0.25, 0.3) is 0 Å². The van der Waals surface area contributed by atoms with Crippen molar-refractivity contribution in [2.45, 2.75) is 30.8 Å². The van der Waals surface area contributed by atoms with E-state index in [0.717, 1.165) is 4.90 Å². The van der Waals surface area contributed by atoms with E-state index in [1.54, 1.807) is 11.8 Å². The number of primary amides is 1. The number of carbonyl (C=O) groups is 1. The van der Waals surface area contributed by atoms with Crippen LogP contribution in [0.2, 0.25) is 5.02 Å². The summed E-state index contributed by atoms with van der Waals surface area (Å²) in [5.74, 6) is 0.301. The van der Waals surface area contributed by atoms with Crippen LogP contribution in [0.25, 0.3) is 0 Å². The summed E-state index contributed by atoms with van der Waals surface area (Å²) in [5, 5.41) is 3.85. The van der Waals surface area contributed by atoms with Gasteiger partial charge >= 0.3 is 0 Å². The van der Waals surface area contributed by atoms with Crippen LogP contribution in [0.3, 0.4) is 0 Å². The highest BCUT2D eigenvalue weighted by Gasteiger charge is 2.16. The van der Waals surface area contributed by atoms with E-state index < -0.39 is 0 Å². The Hall–Kier alpha value is -0.710. The Morgan fingerprint density at radius 2 is 2.00 bits per heavy atom. The van der Waals surface area contributed by atoms with Crippen molar-refractivity contribution in [1.29, 1.82) is 0 Å². The molecule has 1 unspecified atom stereocenters. The quantitative estimate of drug-likeness (QED) is 0.781. The average molecular weight is 273 g/mol. The third-order valence-electron chi connectivity index (χ3n) is 2.11. The van der Waals surface area contributed by atoms with Gasteiger partial charge in [-0.15, -0.1) is 11.8 Å². The summed E-state index contributed by atoms with van der Waals surface area (Å²) in [4.78, 5) is 12.3. The number of nitrogens with two attached hydrogens (primary N) is 1. The molecule has 0 saturated carbocycles. The van der Waals surface area contributed by atoms with Crippen LogP contribution >= 0.6 is 23.4 Å². The van der Waals surface area contributed by atoms with Crippen molar-refractivity contribution in [3.05, 3.63) is 29.3 Å². The number of benzene rings is 1. The highest BCUT2D eigenvalue weighted by molar-refractivity contribution is 7.99. The SMILES string of the molecule is CC(C)NC(CSc1ccc(Cl)cc1)C(N)=O. The lowest BCUT2D eigenvalue weighted by atomic mass is 10.3. The standard InChI is InChI=1S/C12H17ClN2OS/c1-8(2)15-11(12(14)16)7-17-10-5-3-9(13)4-6-10/h3-6,8,11,15H,7H2,1-2H3,(H2,14,16). The number of halogens is 1. The van der Waals surface area contributed by atoms with E-state index in [2.05, 4.69) is 5.32 Å². The normalized spacial score (nSPS) is 12.7. The number of rotatable bonds is 6. The minimum Gasteiger partial charge on any atom is -0.368 e. The lowest BCUT2D eigenvalue weighted by Crippen LogP contribution is -2.46. The molecule has 0 radical (unpaired) electrons.